The quantitative estimate of drug-likeness (QED) is 0.822. The highest BCUT2D eigenvalue weighted by atomic mass is 32.1. The largest absolute Gasteiger partial charge is 0.352 e. The van der Waals surface area contributed by atoms with Gasteiger partial charge in [-0.15, -0.1) is 17.9 Å². The second-order valence-corrected chi connectivity index (χ2v) is 5.39. The molecule has 2 aromatic rings. The van der Waals surface area contributed by atoms with E-state index in [1.165, 1.54) is 9.75 Å². The van der Waals surface area contributed by atoms with Gasteiger partial charge in [0.05, 0.1) is 12.2 Å². The van der Waals surface area contributed by atoms with Crippen LogP contribution in [0.1, 0.15) is 15.4 Å². The summed E-state index contributed by atoms with van der Waals surface area (Å²) in [6, 6.07) is 4.33. The first-order chi connectivity index (χ1) is 8.19. The molecule has 0 saturated heterocycles. The van der Waals surface area contributed by atoms with Crippen LogP contribution < -0.4 is 5.32 Å². The summed E-state index contributed by atoms with van der Waals surface area (Å²) >= 11 is 1.83. The molecule has 2 heterocycles. The lowest BCUT2D eigenvalue weighted by molar-refractivity contribution is 0.814. The Balaban J connectivity index is 2.16. The Morgan fingerprint density at radius 1 is 1.47 bits per heavy atom. The molecule has 0 atom stereocenters. The lowest BCUT2D eigenvalue weighted by Crippen LogP contribution is -2.07. The van der Waals surface area contributed by atoms with Crippen LogP contribution in [0.5, 0.6) is 0 Å². The molecule has 0 fully saturated rings. The Kier molecular flexibility index (Phi) is 3.64. The number of nitrogens with one attached hydrogen (secondary N) is 1. The molecule has 4 heteroatoms. The number of aryl methyl sites for hydroxylation is 2. The van der Waals surface area contributed by atoms with Gasteiger partial charge < -0.3 is 9.88 Å². The molecule has 1 N–H and O–H groups in total. The van der Waals surface area contributed by atoms with Gasteiger partial charge in [0.2, 0.25) is 5.95 Å². The van der Waals surface area contributed by atoms with Gasteiger partial charge in [0.1, 0.15) is 0 Å². The number of hydrogen-bond acceptors (Lipinski definition) is 3. The van der Waals surface area contributed by atoms with E-state index in [9.17, 15) is 0 Å². The van der Waals surface area contributed by atoms with Gasteiger partial charge in [-0.25, -0.2) is 4.98 Å². The third-order valence-corrected chi connectivity index (χ3v) is 3.41. The van der Waals surface area contributed by atoms with Gasteiger partial charge in [0, 0.05) is 22.5 Å². The minimum atomic E-state index is 0.736. The number of thiophene rings is 1. The monoisotopic (exact) mass is 247 g/mol. The van der Waals surface area contributed by atoms with Crippen LogP contribution in [0.25, 0.3) is 0 Å². The molecule has 2 rings (SSSR count). The molecule has 0 aliphatic heterocycles. The first-order valence-corrected chi connectivity index (χ1v) is 6.44. The molecule has 0 radical (unpaired) electrons. The summed E-state index contributed by atoms with van der Waals surface area (Å²) < 4.78 is 2.14. The number of rotatable bonds is 5. The van der Waals surface area contributed by atoms with E-state index in [4.69, 9.17) is 0 Å². The van der Waals surface area contributed by atoms with E-state index in [0.717, 1.165) is 24.7 Å². The highest BCUT2D eigenvalue weighted by molar-refractivity contribution is 7.11. The summed E-state index contributed by atoms with van der Waals surface area (Å²) in [5.74, 6) is 0.911. The predicted octanol–water partition coefficient (Wildman–Crippen LogP) is 3.21. The van der Waals surface area contributed by atoms with Gasteiger partial charge in [-0.2, -0.15) is 0 Å². The lowest BCUT2D eigenvalue weighted by Gasteiger charge is -2.06. The summed E-state index contributed by atoms with van der Waals surface area (Å²) in [4.78, 5) is 7.15. The average molecular weight is 247 g/mol. The first-order valence-electron chi connectivity index (χ1n) is 5.63. The van der Waals surface area contributed by atoms with Gasteiger partial charge >= 0.3 is 0 Å². The van der Waals surface area contributed by atoms with Gasteiger partial charge in [-0.05, 0) is 26.0 Å². The van der Waals surface area contributed by atoms with Crippen LogP contribution in [0, 0.1) is 13.8 Å². The number of hydrogen-bond donors (Lipinski definition) is 1. The number of anilines is 1. The van der Waals surface area contributed by atoms with E-state index >= 15 is 0 Å². The van der Waals surface area contributed by atoms with Crippen molar-refractivity contribution in [3.8, 4) is 0 Å². The normalized spacial score (nSPS) is 10.5. The van der Waals surface area contributed by atoms with E-state index in [1.54, 1.807) is 0 Å². The van der Waals surface area contributed by atoms with Crippen molar-refractivity contribution in [2.45, 2.75) is 20.4 Å². The van der Waals surface area contributed by atoms with E-state index in [0.29, 0.717) is 0 Å². The summed E-state index contributed by atoms with van der Waals surface area (Å²) in [5, 5.41) is 3.25. The van der Waals surface area contributed by atoms with Crippen molar-refractivity contribution in [1.82, 2.24) is 9.55 Å². The average Bonchev–Trinajstić information content (AvgIpc) is 2.83. The van der Waals surface area contributed by atoms with Gasteiger partial charge in [0.25, 0.3) is 0 Å². The molecule has 0 bridgehead atoms. The van der Waals surface area contributed by atoms with Crippen molar-refractivity contribution < 1.29 is 0 Å². The molecular weight excluding hydrogens is 230 g/mol. The molecule has 90 valence electrons. The second-order valence-electron chi connectivity index (χ2n) is 4.02. The van der Waals surface area contributed by atoms with Gasteiger partial charge in [0.15, 0.2) is 0 Å². The smallest absolute Gasteiger partial charge is 0.203 e. The van der Waals surface area contributed by atoms with E-state index in [-0.39, 0.29) is 0 Å². The fraction of sp³-hybridized carbons (Fsp3) is 0.308. The van der Waals surface area contributed by atoms with Crippen molar-refractivity contribution in [3.05, 3.63) is 46.4 Å². The van der Waals surface area contributed by atoms with Crippen LogP contribution in [-0.4, -0.2) is 16.1 Å². The molecule has 0 aromatic carbocycles. The Morgan fingerprint density at radius 2 is 2.29 bits per heavy atom. The maximum Gasteiger partial charge on any atom is 0.203 e. The van der Waals surface area contributed by atoms with E-state index in [2.05, 4.69) is 46.7 Å². The number of nitrogens with zero attached hydrogens (tertiary/aromatic N) is 2. The van der Waals surface area contributed by atoms with Crippen LogP contribution in [0.3, 0.4) is 0 Å². The summed E-state index contributed by atoms with van der Waals surface area (Å²) in [6.07, 6.45) is 3.91. The summed E-state index contributed by atoms with van der Waals surface area (Å²) in [6.45, 7) is 9.45. The highest BCUT2D eigenvalue weighted by Gasteiger charge is 2.06. The topological polar surface area (TPSA) is 29.9 Å². The highest BCUT2D eigenvalue weighted by Crippen LogP contribution is 2.18. The fourth-order valence-electron chi connectivity index (χ4n) is 1.71. The van der Waals surface area contributed by atoms with Crippen molar-refractivity contribution in [1.29, 1.82) is 0 Å². The third-order valence-electron chi connectivity index (χ3n) is 2.42. The van der Waals surface area contributed by atoms with Crippen LogP contribution in [-0.2, 0) is 6.54 Å². The maximum atomic E-state index is 4.46. The van der Waals surface area contributed by atoms with Crippen LogP contribution in [0.2, 0.25) is 0 Å². The molecule has 0 amide bonds. The molecular formula is C13H17N3S. The number of aromatic nitrogens is 2. The Labute approximate surface area is 106 Å². The third kappa shape index (κ3) is 2.97. The van der Waals surface area contributed by atoms with Crippen LogP contribution in [0.15, 0.2) is 31.0 Å². The Morgan fingerprint density at radius 3 is 2.94 bits per heavy atom. The Bertz CT molecular complexity index is 510. The van der Waals surface area contributed by atoms with Crippen molar-refractivity contribution in [2.75, 3.05) is 11.9 Å². The second kappa shape index (κ2) is 5.19. The van der Waals surface area contributed by atoms with Crippen LogP contribution >= 0.6 is 11.3 Å². The first kappa shape index (κ1) is 11.9. The minimum absolute atomic E-state index is 0.736. The van der Waals surface area contributed by atoms with Crippen molar-refractivity contribution in [3.63, 3.8) is 0 Å². The van der Waals surface area contributed by atoms with Crippen molar-refractivity contribution in [2.24, 2.45) is 0 Å². The zero-order chi connectivity index (χ0) is 12.3. The number of imidazole rings is 1. The molecule has 3 nitrogen and oxygen atoms in total. The van der Waals surface area contributed by atoms with Gasteiger partial charge in [-0.1, -0.05) is 6.08 Å². The zero-order valence-electron chi connectivity index (χ0n) is 10.2. The Hall–Kier alpha value is -1.55. The zero-order valence-corrected chi connectivity index (χ0v) is 11.0. The molecule has 2 aromatic heterocycles. The molecule has 17 heavy (non-hydrogen) atoms. The molecule has 0 aliphatic carbocycles. The fourth-order valence-corrected chi connectivity index (χ4v) is 2.60. The van der Waals surface area contributed by atoms with Crippen molar-refractivity contribution >= 4 is 17.3 Å². The lowest BCUT2D eigenvalue weighted by atomic mass is 10.4. The molecule has 0 saturated carbocycles. The van der Waals surface area contributed by atoms with E-state index in [1.807, 2.05) is 24.3 Å². The SMILES string of the molecule is C=CCNc1nc(C)cn1Cc1ccc(C)s1. The molecule has 0 unspecified atom stereocenters. The summed E-state index contributed by atoms with van der Waals surface area (Å²) in [5.41, 5.74) is 1.03. The predicted molar refractivity (Wildman–Crippen MR) is 73.8 cm³/mol. The van der Waals surface area contributed by atoms with E-state index < -0.39 is 0 Å². The standard InChI is InChI=1S/C13H17N3S/c1-4-7-14-13-15-10(2)8-16(13)9-12-6-5-11(3)17-12/h4-6,8H,1,7,9H2,2-3H3,(H,14,15). The maximum absolute atomic E-state index is 4.46. The molecule has 0 aliphatic rings. The van der Waals surface area contributed by atoms with Gasteiger partial charge in [-0.3, -0.25) is 0 Å². The molecule has 0 spiro atoms. The summed E-state index contributed by atoms with van der Waals surface area (Å²) in [7, 11) is 0. The minimum Gasteiger partial charge on any atom is -0.352 e. The van der Waals surface area contributed by atoms with Crippen LogP contribution in [0.4, 0.5) is 5.95 Å².